The molecular formula is C20H23FN4O2. The van der Waals surface area contributed by atoms with Gasteiger partial charge in [0.15, 0.2) is 0 Å². The van der Waals surface area contributed by atoms with Crippen molar-refractivity contribution in [2.45, 2.75) is 31.7 Å². The van der Waals surface area contributed by atoms with Gasteiger partial charge in [-0.05, 0) is 38.0 Å². The van der Waals surface area contributed by atoms with Gasteiger partial charge >= 0.3 is 0 Å². The SMILES string of the molecule is C[C@H](C(=O)N1CCN(c2ccccc2F)CC1)n1nc(C2CC2)ccc1=O. The highest BCUT2D eigenvalue weighted by Crippen LogP contribution is 2.38. The van der Waals surface area contributed by atoms with Gasteiger partial charge in [0.2, 0.25) is 5.91 Å². The van der Waals surface area contributed by atoms with Crippen LogP contribution in [0.15, 0.2) is 41.2 Å². The third kappa shape index (κ3) is 3.59. The maximum atomic E-state index is 14.0. The number of piperazine rings is 1. The molecule has 1 saturated heterocycles. The highest BCUT2D eigenvalue weighted by molar-refractivity contribution is 5.80. The standard InChI is InChI=1S/C20H23FN4O2/c1-14(25-19(26)9-8-17(22-25)15-6-7-15)20(27)24-12-10-23(11-13-24)18-5-3-2-4-16(18)21/h2-5,8-9,14-15H,6-7,10-13H2,1H3/t14-/m1/s1. The van der Waals surface area contributed by atoms with E-state index < -0.39 is 6.04 Å². The Morgan fingerprint density at radius 1 is 1.11 bits per heavy atom. The van der Waals surface area contributed by atoms with E-state index in [0.717, 1.165) is 18.5 Å². The van der Waals surface area contributed by atoms with Gasteiger partial charge in [0.25, 0.3) is 5.56 Å². The van der Waals surface area contributed by atoms with Gasteiger partial charge in [-0.2, -0.15) is 5.10 Å². The minimum Gasteiger partial charge on any atom is -0.366 e. The maximum absolute atomic E-state index is 14.0. The number of rotatable bonds is 4. The molecule has 1 aliphatic heterocycles. The minimum atomic E-state index is -0.642. The summed E-state index contributed by atoms with van der Waals surface area (Å²) in [7, 11) is 0. The lowest BCUT2D eigenvalue weighted by atomic mass is 10.2. The van der Waals surface area contributed by atoms with Crippen LogP contribution in [-0.4, -0.2) is 46.8 Å². The Labute approximate surface area is 157 Å². The quantitative estimate of drug-likeness (QED) is 0.828. The van der Waals surface area contributed by atoms with E-state index in [-0.39, 0.29) is 17.3 Å². The summed E-state index contributed by atoms with van der Waals surface area (Å²) >= 11 is 0. The van der Waals surface area contributed by atoms with Crippen molar-refractivity contribution in [2.24, 2.45) is 0 Å². The molecule has 0 unspecified atom stereocenters. The van der Waals surface area contributed by atoms with E-state index in [1.165, 1.54) is 16.8 Å². The average Bonchev–Trinajstić information content (AvgIpc) is 3.53. The van der Waals surface area contributed by atoms with Crippen molar-refractivity contribution in [3.8, 4) is 0 Å². The summed E-state index contributed by atoms with van der Waals surface area (Å²) in [6, 6.07) is 9.30. The summed E-state index contributed by atoms with van der Waals surface area (Å²) in [4.78, 5) is 28.8. The molecule has 142 valence electrons. The van der Waals surface area contributed by atoms with Gasteiger partial charge in [-0.15, -0.1) is 0 Å². The lowest BCUT2D eigenvalue weighted by Gasteiger charge is -2.37. The number of hydrogen-bond donors (Lipinski definition) is 0. The van der Waals surface area contributed by atoms with Gasteiger partial charge < -0.3 is 9.80 Å². The fraction of sp³-hybridized carbons (Fsp3) is 0.450. The van der Waals surface area contributed by atoms with Crippen LogP contribution in [0.25, 0.3) is 0 Å². The number of benzene rings is 1. The monoisotopic (exact) mass is 370 g/mol. The molecule has 6 nitrogen and oxygen atoms in total. The van der Waals surface area contributed by atoms with Crippen LogP contribution in [0.4, 0.5) is 10.1 Å². The molecule has 0 radical (unpaired) electrons. The zero-order valence-corrected chi connectivity index (χ0v) is 15.3. The highest BCUT2D eigenvalue weighted by atomic mass is 19.1. The lowest BCUT2D eigenvalue weighted by molar-refractivity contribution is -0.135. The molecule has 2 heterocycles. The Morgan fingerprint density at radius 2 is 1.81 bits per heavy atom. The molecule has 4 rings (SSSR count). The van der Waals surface area contributed by atoms with Gasteiger partial charge in [0, 0.05) is 38.2 Å². The number of amides is 1. The Morgan fingerprint density at radius 3 is 2.48 bits per heavy atom. The van der Waals surface area contributed by atoms with E-state index in [2.05, 4.69) is 5.10 Å². The zero-order valence-electron chi connectivity index (χ0n) is 15.3. The summed E-state index contributed by atoms with van der Waals surface area (Å²) in [5.74, 6) is 0.0486. The molecule has 2 aromatic rings. The summed E-state index contributed by atoms with van der Waals surface area (Å²) in [6.07, 6.45) is 2.18. The summed E-state index contributed by atoms with van der Waals surface area (Å²) in [5, 5.41) is 4.42. The average molecular weight is 370 g/mol. The Balaban J connectivity index is 1.44. The molecule has 0 N–H and O–H groups in total. The lowest BCUT2D eigenvalue weighted by Crippen LogP contribution is -2.51. The fourth-order valence-corrected chi connectivity index (χ4v) is 3.56. The van der Waals surface area contributed by atoms with Gasteiger partial charge in [0.1, 0.15) is 11.9 Å². The number of halogens is 1. The summed E-state index contributed by atoms with van der Waals surface area (Å²) in [6.45, 7) is 3.83. The predicted molar refractivity (Wildman–Crippen MR) is 100 cm³/mol. The third-order valence-corrected chi connectivity index (χ3v) is 5.35. The molecule has 1 aromatic carbocycles. The van der Waals surface area contributed by atoms with Crippen molar-refractivity contribution in [1.82, 2.24) is 14.7 Å². The molecule has 0 bridgehead atoms. The van der Waals surface area contributed by atoms with Crippen LogP contribution in [0.3, 0.4) is 0 Å². The van der Waals surface area contributed by atoms with E-state index in [9.17, 15) is 14.0 Å². The molecule has 2 fully saturated rings. The number of carbonyl (C=O) groups excluding carboxylic acids is 1. The van der Waals surface area contributed by atoms with Crippen molar-refractivity contribution in [2.75, 3.05) is 31.1 Å². The van der Waals surface area contributed by atoms with Gasteiger partial charge in [0.05, 0.1) is 11.4 Å². The van der Waals surface area contributed by atoms with Crippen LogP contribution in [0.1, 0.15) is 37.4 Å². The number of para-hydroxylation sites is 1. The molecule has 7 heteroatoms. The van der Waals surface area contributed by atoms with Crippen molar-refractivity contribution >= 4 is 11.6 Å². The molecule has 27 heavy (non-hydrogen) atoms. The molecule has 1 aliphatic carbocycles. The maximum Gasteiger partial charge on any atom is 0.267 e. The summed E-state index contributed by atoms with van der Waals surface area (Å²) in [5.41, 5.74) is 1.19. The largest absolute Gasteiger partial charge is 0.366 e. The van der Waals surface area contributed by atoms with Gasteiger partial charge in [-0.1, -0.05) is 12.1 Å². The first kappa shape index (κ1) is 17.7. The smallest absolute Gasteiger partial charge is 0.267 e. The summed E-state index contributed by atoms with van der Waals surface area (Å²) < 4.78 is 15.3. The van der Waals surface area contributed by atoms with Crippen LogP contribution in [0.5, 0.6) is 0 Å². The Kier molecular flexibility index (Phi) is 4.68. The Hall–Kier alpha value is -2.70. The number of aromatic nitrogens is 2. The topological polar surface area (TPSA) is 58.4 Å². The third-order valence-electron chi connectivity index (χ3n) is 5.35. The molecule has 1 saturated carbocycles. The fourth-order valence-electron chi connectivity index (χ4n) is 3.56. The van der Waals surface area contributed by atoms with E-state index in [1.807, 2.05) is 11.0 Å². The van der Waals surface area contributed by atoms with E-state index >= 15 is 0 Å². The first-order chi connectivity index (χ1) is 13.0. The van der Waals surface area contributed by atoms with Crippen LogP contribution in [0.2, 0.25) is 0 Å². The second kappa shape index (κ2) is 7.13. The number of hydrogen-bond acceptors (Lipinski definition) is 4. The second-order valence-electron chi connectivity index (χ2n) is 7.25. The van der Waals surface area contributed by atoms with E-state index in [1.54, 1.807) is 30.0 Å². The first-order valence-corrected chi connectivity index (χ1v) is 9.42. The van der Waals surface area contributed by atoms with Crippen LogP contribution in [0, 0.1) is 5.82 Å². The van der Waals surface area contributed by atoms with Crippen molar-refractivity contribution in [3.63, 3.8) is 0 Å². The van der Waals surface area contributed by atoms with Crippen molar-refractivity contribution in [1.29, 1.82) is 0 Å². The zero-order chi connectivity index (χ0) is 19.0. The van der Waals surface area contributed by atoms with Crippen molar-refractivity contribution in [3.05, 3.63) is 58.3 Å². The van der Waals surface area contributed by atoms with Crippen LogP contribution >= 0.6 is 0 Å². The predicted octanol–water partition coefficient (Wildman–Crippen LogP) is 2.17. The molecular weight excluding hydrogens is 347 g/mol. The molecule has 0 spiro atoms. The number of anilines is 1. The molecule has 1 atom stereocenters. The highest BCUT2D eigenvalue weighted by Gasteiger charge is 2.30. The van der Waals surface area contributed by atoms with Gasteiger partial charge in [-0.3, -0.25) is 9.59 Å². The molecule has 1 amide bonds. The minimum absolute atomic E-state index is 0.120. The second-order valence-corrected chi connectivity index (χ2v) is 7.25. The van der Waals surface area contributed by atoms with E-state index in [0.29, 0.717) is 37.8 Å². The molecule has 1 aromatic heterocycles. The number of carbonyl (C=O) groups is 1. The first-order valence-electron chi connectivity index (χ1n) is 9.42. The van der Waals surface area contributed by atoms with Crippen molar-refractivity contribution < 1.29 is 9.18 Å². The van der Waals surface area contributed by atoms with Crippen LogP contribution in [-0.2, 0) is 4.79 Å². The van der Waals surface area contributed by atoms with Gasteiger partial charge in [-0.25, -0.2) is 9.07 Å². The Bertz CT molecular complexity index is 901. The normalized spacial score (nSPS) is 18.4. The van der Waals surface area contributed by atoms with Crippen LogP contribution < -0.4 is 10.5 Å². The molecule has 2 aliphatic rings. The van der Waals surface area contributed by atoms with E-state index in [4.69, 9.17) is 0 Å². The number of nitrogens with zero attached hydrogens (tertiary/aromatic N) is 4.